The Balaban J connectivity index is 2.10. The van der Waals surface area contributed by atoms with Crippen LogP contribution in [0.4, 0.5) is 0 Å². The van der Waals surface area contributed by atoms with E-state index in [2.05, 4.69) is 14.9 Å². The number of aromatic nitrogens is 2. The zero-order chi connectivity index (χ0) is 11.7. The van der Waals surface area contributed by atoms with Gasteiger partial charge in [-0.2, -0.15) is 0 Å². The van der Waals surface area contributed by atoms with Gasteiger partial charge in [-0.15, -0.1) is 0 Å². The van der Waals surface area contributed by atoms with E-state index in [1.165, 1.54) is 0 Å². The van der Waals surface area contributed by atoms with E-state index in [-0.39, 0.29) is 5.92 Å². The van der Waals surface area contributed by atoms with Crippen LogP contribution in [0.3, 0.4) is 0 Å². The van der Waals surface area contributed by atoms with Crippen LogP contribution in [-0.2, 0) is 11.3 Å². The van der Waals surface area contributed by atoms with Crippen LogP contribution in [0.25, 0.3) is 0 Å². The SMILES string of the molecule is Cc1nonc1CN1CCC(C)C1C(=O)O. The molecule has 1 N–H and O–H groups in total. The van der Waals surface area contributed by atoms with Crippen molar-refractivity contribution in [3.63, 3.8) is 0 Å². The number of carboxylic acids is 1. The maximum Gasteiger partial charge on any atom is 0.321 e. The number of hydrogen-bond acceptors (Lipinski definition) is 5. The van der Waals surface area contributed by atoms with Crippen LogP contribution in [0, 0.1) is 12.8 Å². The van der Waals surface area contributed by atoms with E-state index in [1.807, 2.05) is 11.8 Å². The fourth-order valence-electron chi connectivity index (χ4n) is 2.19. The van der Waals surface area contributed by atoms with Crippen LogP contribution in [0.2, 0.25) is 0 Å². The molecular formula is C10H15N3O3. The third-order valence-corrected chi connectivity index (χ3v) is 3.16. The first kappa shape index (κ1) is 11.1. The van der Waals surface area contributed by atoms with Crippen LogP contribution in [0.15, 0.2) is 4.63 Å². The van der Waals surface area contributed by atoms with E-state index in [1.54, 1.807) is 6.92 Å². The van der Waals surface area contributed by atoms with Crippen molar-refractivity contribution in [2.24, 2.45) is 5.92 Å². The average Bonchev–Trinajstić information content (AvgIpc) is 2.75. The molecule has 2 atom stereocenters. The van der Waals surface area contributed by atoms with Crippen LogP contribution in [0.1, 0.15) is 24.7 Å². The molecule has 2 rings (SSSR count). The van der Waals surface area contributed by atoms with Gasteiger partial charge in [0.05, 0.1) is 0 Å². The Morgan fingerprint density at radius 2 is 2.38 bits per heavy atom. The van der Waals surface area contributed by atoms with E-state index < -0.39 is 12.0 Å². The molecule has 6 nitrogen and oxygen atoms in total. The smallest absolute Gasteiger partial charge is 0.321 e. The van der Waals surface area contributed by atoms with Gasteiger partial charge in [0.1, 0.15) is 17.4 Å². The number of aliphatic carboxylic acids is 1. The van der Waals surface area contributed by atoms with Gasteiger partial charge in [0.2, 0.25) is 0 Å². The minimum absolute atomic E-state index is 0.178. The summed E-state index contributed by atoms with van der Waals surface area (Å²) in [5.74, 6) is -0.586. The van der Waals surface area contributed by atoms with Crippen LogP contribution >= 0.6 is 0 Å². The van der Waals surface area contributed by atoms with Crippen molar-refractivity contribution in [1.82, 2.24) is 15.2 Å². The molecule has 1 aromatic rings. The number of hydrogen-bond donors (Lipinski definition) is 1. The molecule has 0 aliphatic carbocycles. The molecule has 88 valence electrons. The summed E-state index contributed by atoms with van der Waals surface area (Å²) >= 11 is 0. The molecule has 2 unspecified atom stereocenters. The summed E-state index contributed by atoms with van der Waals surface area (Å²) in [6.07, 6.45) is 0.904. The van der Waals surface area contributed by atoms with Crippen molar-refractivity contribution in [1.29, 1.82) is 0 Å². The molecule has 1 aliphatic heterocycles. The van der Waals surface area contributed by atoms with E-state index >= 15 is 0 Å². The zero-order valence-electron chi connectivity index (χ0n) is 9.38. The van der Waals surface area contributed by atoms with Gasteiger partial charge in [0.25, 0.3) is 0 Å². The lowest BCUT2D eigenvalue weighted by molar-refractivity contribution is -0.143. The molecule has 0 amide bonds. The average molecular weight is 225 g/mol. The summed E-state index contributed by atoms with van der Waals surface area (Å²) in [5.41, 5.74) is 1.45. The highest BCUT2D eigenvalue weighted by Crippen LogP contribution is 2.25. The van der Waals surface area contributed by atoms with Crippen molar-refractivity contribution in [2.45, 2.75) is 32.9 Å². The number of carbonyl (C=O) groups is 1. The molecule has 16 heavy (non-hydrogen) atoms. The first-order valence-corrected chi connectivity index (χ1v) is 5.34. The quantitative estimate of drug-likeness (QED) is 0.814. The summed E-state index contributed by atoms with van der Waals surface area (Å²) in [6, 6.07) is -0.420. The van der Waals surface area contributed by atoms with Gasteiger partial charge < -0.3 is 5.11 Å². The molecule has 0 spiro atoms. The van der Waals surface area contributed by atoms with Crippen molar-refractivity contribution in [3.8, 4) is 0 Å². The Labute approximate surface area is 93.2 Å². The van der Waals surface area contributed by atoms with Gasteiger partial charge in [-0.1, -0.05) is 17.2 Å². The Kier molecular flexibility index (Phi) is 2.91. The highest BCUT2D eigenvalue weighted by Gasteiger charge is 2.37. The highest BCUT2D eigenvalue weighted by atomic mass is 16.6. The van der Waals surface area contributed by atoms with Crippen LogP contribution in [0.5, 0.6) is 0 Å². The summed E-state index contributed by atoms with van der Waals surface area (Å²) in [4.78, 5) is 13.1. The maximum absolute atomic E-state index is 11.1. The van der Waals surface area contributed by atoms with Crippen LogP contribution in [-0.4, -0.2) is 38.9 Å². The number of aryl methyl sites for hydroxylation is 1. The molecule has 6 heteroatoms. The van der Waals surface area contributed by atoms with E-state index in [9.17, 15) is 4.79 Å². The predicted molar refractivity (Wildman–Crippen MR) is 54.6 cm³/mol. The predicted octanol–water partition coefficient (Wildman–Crippen LogP) is 0.673. The summed E-state index contributed by atoms with van der Waals surface area (Å²) < 4.78 is 4.60. The van der Waals surface area contributed by atoms with Crippen molar-refractivity contribution < 1.29 is 14.5 Å². The largest absolute Gasteiger partial charge is 0.480 e. The Morgan fingerprint density at radius 1 is 1.62 bits per heavy atom. The second kappa shape index (κ2) is 4.21. The lowest BCUT2D eigenvalue weighted by Crippen LogP contribution is -2.38. The van der Waals surface area contributed by atoms with Crippen molar-refractivity contribution >= 4 is 5.97 Å². The minimum atomic E-state index is -0.765. The van der Waals surface area contributed by atoms with Gasteiger partial charge in [0, 0.05) is 6.54 Å². The molecular weight excluding hydrogens is 210 g/mol. The molecule has 1 fully saturated rings. The first-order valence-electron chi connectivity index (χ1n) is 5.34. The Bertz CT molecular complexity index is 390. The molecule has 1 aromatic heterocycles. The maximum atomic E-state index is 11.1. The molecule has 0 saturated carbocycles. The number of likely N-dealkylation sites (tertiary alicyclic amines) is 1. The lowest BCUT2D eigenvalue weighted by atomic mass is 10.0. The van der Waals surface area contributed by atoms with Gasteiger partial charge in [0.15, 0.2) is 0 Å². The zero-order valence-corrected chi connectivity index (χ0v) is 9.38. The normalized spacial score (nSPS) is 26.1. The topological polar surface area (TPSA) is 79.5 Å². The second-order valence-corrected chi connectivity index (χ2v) is 4.32. The number of carboxylic acid groups (broad SMARTS) is 1. The fraction of sp³-hybridized carbons (Fsp3) is 0.700. The molecule has 1 aliphatic rings. The summed E-state index contributed by atoms with van der Waals surface area (Å²) in [6.45, 7) is 5.05. The Hall–Kier alpha value is -1.43. The van der Waals surface area contributed by atoms with E-state index in [0.29, 0.717) is 6.54 Å². The molecule has 0 radical (unpaired) electrons. The minimum Gasteiger partial charge on any atom is -0.480 e. The van der Waals surface area contributed by atoms with Gasteiger partial charge in [-0.05, 0) is 25.8 Å². The standard InChI is InChI=1S/C10H15N3O3/c1-6-3-4-13(9(6)10(14)15)5-8-7(2)11-16-12-8/h6,9H,3-5H2,1-2H3,(H,14,15). The molecule has 0 bridgehead atoms. The first-order chi connectivity index (χ1) is 7.59. The van der Waals surface area contributed by atoms with Gasteiger partial charge >= 0.3 is 5.97 Å². The van der Waals surface area contributed by atoms with Crippen LogP contribution < -0.4 is 0 Å². The van der Waals surface area contributed by atoms with E-state index in [4.69, 9.17) is 5.11 Å². The second-order valence-electron chi connectivity index (χ2n) is 4.32. The molecule has 1 saturated heterocycles. The van der Waals surface area contributed by atoms with Gasteiger partial charge in [-0.3, -0.25) is 9.69 Å². The fourth-order valence-corrected chi connectivity index (χ4v) is 2.19. The third-order valence-electron chi connectivity index (χ3n) is 3.16. The van der Waals surface area contributed by atoms with Crippen molar-refractivity contribution in [2.75, 3.05) is 6.54 Å². The van der Waals surface area contributed by atoms with E-state index in [0.717, 1.165) is 24.4 Å². The molecule has 0 aromatic carbocycles. The van der Waals surface area contributed by atoms with Crippen molar-refractivity contribution in [3.05, 3.63) is 11.4 Å². The summed E-state index contributed by atoms with van der Waals surface area (Å²) in [5, 5.41) is 16.6. The lowest BCUT2D eigenvalue weighted by Gasteiger charge is -2.21. The number of nitrogens with zero attached hydrogens (tertiary/aromatic N) is 3. The number of rotatable bonds is 3. The molecule has 2 heterocycles. The monoisotopic (exact) mass is 225 g/mol. The highest BCUT2D eigenvalue weighted by molar-refractivity contribution is 5.74. The third kappa shape index (κ3) is 1.92. The summed E-state index contributed by atoms with van der Waals surface area (Å²) in [7, 11) is 0. The Morgan fingerprint density at radius 3 is 2.94 bits per heavy atom. The van der Waals surface area contributed by atoms with Gasteiger partial charge in [-0.25, -0.2) is 4.63 Å².